The van der Waals surface area contributed by atoms with Crippen molar-refractivity contribution >= 4 is 71.3 Å². The Kier molecular flexibility index (Phi) is 101. The van der Waals surface area contributed by atoms with E-state index in [2.05, 4.69) is 47.5 Å². The van der Waals surface area contributed by atoms with Crippen molar-refractivity contribution in [1.82, 2.24) is 9.97 Å². The molecule has 40 heteroatoms. The van der Waals surface area contributed by atoms with Gasteiger partial charge in [-0.25, -0.2) is 57.9 Å². The van der Waals surface area contributed by atoms with E-state index in [0.29, 0.717) is 107 Å². The zero-order valence-corrected chi connectivity index (χ0v) is 69.8. The molecule has 672 valence electrons. The van der Waals surface area contributed by atoms with Gasteiger partial charge in [-0.1, -0.05) is 86.3 Å². The smallest absolute Gasteiger partial charge is 0.329 e. The predicted octanol–water partition coefficient (Wildman–Crippen LogP) is 6.04. The third kappa shape index (κ3) is 127. The van der Waals surface area contributed by atoms with Crippen LogP contribution in [-0.2, 0) is 137 Å². The number of unbranched alkanes of at least 4 members (excludes halogenated alkanes) is 2. The van der Waals surface area contributed by atoms with E-state index >= 15 is 0 Å². The maximum absolute atomic E-state index is 10.3. The number of pyridine rings is 2. The number of methoxy groups -OCH3 is 4. The zero-order chi connectivity index (χ0) is 90.2. The standard InChI is InChI=1S/C12H12N2O2.C10H20O3.C9H18O3.C7H14O5.C6H10O4.C6H12O4.2C6H12O3.C5H8O4.C5H10O4.C3H6O3/c15-7-9-3-1-5-11(13-9)12-6-2-4-10(8-16)14-12;1-3-5-6-9(4-2)7-13-8-10(11)12;1-6(2)9(7(3)4)12-5-8(10)11;1-10-2-3-11-4-5-12-6-7(8)9;1-5(7)2-3-10-4-6(8)9;1-9-3-2-4-10-5-6(7)8;1-6(2,3)9-4-5(7)8;1-2-3-4-9-5-6(7)8;1-4(6)2-9-3-5(7)8;1-8-2-3-9-4-5(6)7;1-6-2-3(4)5/h1-6,15-16H,7-8H2;9H,3-8H2,1-2H3,(H,11,12);6-7,9H,5H2,1-4H3,(H,10,11);2-6H2,1H3,(H,8,9);2-4H2,1H3,(H,8,9);2-5H2,1H3,(H,7,8);4H2,1-3H3,(H,7,8);2-5H2,1H3,(H,7,8);2-3H2,1H3,(H,7,8);2-4H2,1H3,(H,6,7);2H2,1H3,(H,4,5). The summed E-state index contributed by atoms with van der Waals surface area (Å²) in [5.41, 5.74) is 2.25. The summed E-state index contributed by atoms with van der Waals surface area (Å²) in [4.78, 5) is 128. The molecule has 0 aliphatic heterocycles. The molecule has 40 nitrogen and oxygen atoms in total. The molecule has 1 atom stereocenters. The fourth-order valence-electron chi connectivity index (χ4n) is 6.71. The highest BCUT2D eigenvalue weighted by molar-refractivity contribution is 5.77. The molecule has 0 aromatic carbocycles. The monoisotopic (exact) mass is 1670 g/mol. The van der Waals surface area contributed by atoms with Crippen LogP contribution < -0.4 is 0 Å². The van der Waals surface area contributed by atoms with Gasteiger partial charge >= 0.3 is 59.7 Å². The first-order valence-electron chi connectivity index (χ1n) is 36.1. The van der Waals surface area contributed by atoms with Crippen molar-refractivity contribution in [3.63, 3.8) is 0 Å². The number of carbonyl (C=O) groups excluding carboxylic acids is 2. The molecule has 12 N–H and O–H groups in total. The molecule has 0 amide bonds. The van der Waals surface area contributed by atoms with E-state index < -0.39 is 66.3 Å². The number of ketones is 2. The summed E-state index contributed by atoms with van der Waals surface area (Å²) >= 11 is 0. The molecule has 0 saturated carbocycles. The molecule has 2 rings (SSSR count). The van der Waals surface area contributed by atoms with Crippen LogP contribution in [0, 0.1) is 17.8 Å². The van der Waals surface area contributed by atoms with Crippen LogP contribution in [0.3, 0.4) is 0 Å². The molecular formula is C75H134N2O38. The third-order valence-electron chi connectivity index (χ3n) is 11.7. The van der Waals surface area contributed by atoms with Crippen LogP contribution in [0.1, 0.15) is 146 Å². The Morgan fingerprint density at radius 1 is 0.374 bits per heavy atom. The summed E-state index contributed by atoms with van der Waals surface area (Å²) in [5.74, 6) is -8.37. The number of hydrogen-bond acceptors (Lipinski definition) is 30. The van der Waals surface area contributed by atoms with Gasteiger partial charge < -0.3 is 128 Å². The van der Waals surface area contributed by atoms with Gasteiger partial charge in [-0.3, -0.25) is 9.59 Å². The summed E-state index contributed by atoms with van der Waals surface area (Å²) in [6, 6.07) is 10.8. The first-order valence-corrected chi connectivity index (χ1v) is 36.1. The summed E-state index contributed by atoms with van der Waals surface area (Å²) < 4.78 is 66.2. The number of aliphatic hydroxyl groups excluding tert-OH is 2. The molecule has 0 bridgehead atoms. The van der Waals surface area contributed by atoms with Crippen LogP contribution in [0.5, 0.6) is 0 Å². The lowest BCUT2D eigenvalue weighted by Crippen LogP contribution is -2.28. The van der Waals surface area contributed by atoms with E-state index in [4.69, 9.17) is 104 Å². The van der Waals surface area contributed by atoms with Crippen LogP contribution in [0.2, 0.25) is 0 Å². The Morgan fingerprint density at radius 2 is 0.722 bits per heavy atom. The number of hydrogen-bond donors (Lipinski definition) is 12. The number of carboxylic acid groups (broad SMARTS) is 10. The Balaban J connectivity index is -0.000000155. The van der Waals surface area contributed by atoms with Gasteiger partial charge in [0, 0.05) is 54.7 Å². The first-order chi connectivity index (χ1) is 54.0. The number of ether oxygens (including phenoxy) is 14. The van der Waals surface area contributed by atoms with Gasteiger partial charge in [0.25, 0.3) is 0 Å². The number of Topliss-reactive ketones (excluding diaryl/α,β-unsaturated/α-hetero) is 2. The minimum Gasteiger partial charge on any atom is -0.480 e. The normalized spacial score (nSPS) is 10.3. The van der Waals surface area contributed by atoms with Gasteiger partial charge in [0.1, 0.15) is 78.5 Å². The SMILES string of the molecule is CC(=O)CCOCC(=O)O.CC(=O)COCC(=O)O.CC(C)(C)OCC(=O)O.CC(C)C(OCC(=O)O)C(C)C.CCCCC(CC)COCC(=O)O.CCCCOCC(=O)O.COCC(=O)O.COCCCOCC(=O)O.COCCOCC(=O)O.COCCOCCOCC(=O)O.OCc1cccc(-c2cccc(CO)n2)n1. The number of rotatable bonds is 53. The molecule has 2 aromatic rings. The van der Waals surface area contributed by atoms with Crippen molar-refractivity contribution in [2.75, 3.05) is 174 Å². The van der Waals surface area contributed by atoms with Crippen molar-refractivity contribution in [3.8, 4) is 11.4 Å². The maximum Gasteiger partial charge on any atom is 0.329 e. The minimum absolute atomic E-state index is 0.00499. The molecule has 0 aliphatic carbocycles. The van der Waals surface area contributed by atoms with Crippen molar-refractivity contribution in [1.29, 1.82) is 0 Å². The van der Waals surface area contributed by atoms with Gasteiger partial charge in [-0.2, -0.15) is 0 Å². The zero-order valence-electron chi connectivity index (χ0n) is 69.8. The molecule has 0 saturated heterocycles. The van der Waals surface area contributed by atoms with Gasteiger partial charge in [0.15, 0.2) is 5.78 Å². The van der Waals surface area contributed by atoms with Crippen molar-refractivity contribution in [2.45, 2.75) is 159 Å². The summed E-state index contributed by atoms with van der Waals surface area (Å²) in [7, 11) is 6.06. The van der Waals surface area contributed by atoms with Gasteiger partial charge in [0.2, 0.25) is 0 Å². The van der Waals surface area contributed by atoms with Crippen LogP contribution in [0.25, 0.3) is 11.4 Å². The summed E-state index contributed by atoms with van der Waals surface area (Å²) in [6.45, 7) is 24.9. The predicted molar refractivity (Wildman–Crippen MR) is 414 cm³/mol. The number of carboxylic acids is 10. The lowest BCUT2D eigenvalue weighted by Gasteiger charge is -2.24. The molecule has 1 unspecified atom stereocenters. The number of carbonyl (C=O) groups is 12. The van der Waals surface area contributed by atoms with E-state index in [9.17, 15) is 57.5 Å². The first kappa shape index (κ1) is 125. The van der Waals surface area contributed by atoms with Crippen LogP contribution in [-0.4, -0.2) is 328 Å². The number of aliphatic hydroxyl groups is 2. The Labute approximate surface area is 674 Å². The average molecular weight is 1670 g/mol. The largest absolute Gasteiger partial charge is 0.480 e. The highest BCUT2D eigenvalue weighted by Crippen LogP contribution is 2.17. The molecule has 115 heavy (non-hydrogen) atoms. The lowest BCUT2D eigenvalue weighted by molar-refractivity contribution is -0.147. The topological polar surface area (TPSA) is 603 Å². The quantitative estimate of drug-likeness (QED) is 0.0336. The number of nitrogens with zero attached hydrogens (tertiary/aromatic N) is 2. The van der Waals surface area contributed by atoms with Crippen LogP contribution in [0.15, 0.2) is 36.4 Å². The van der Waals surface area contributed by atoms with Crippen LogP contribution in [0.4, 0.5) is 0 Å². The molecule has 2 aromatic heterocycles. The van der Waals surface area contributed by atoms with Crippen molar-refractivity contribution in [2.24, 2.45) is 17.8 Å². The highest BCUT2D eigenvalue weighted by Gasteiger charge is 2.19. The Bertz CT molecular complexity index is 2610. The molecule has 0 spiro atoms. The minimum atomic E-state index is -1.06. The fourth-order valence-corrected chi connectivity index (χ4v) is 6.71. The second kappa shape index (κ2) is 92.9. The maximum atomic E-state index is 10.3. The summed E-state index contributed by atoms with van der Waals surface area (Å²) in [5, 5.41) is 99.1. The summed E-state index contributed by atoms with van der Waals surface area (Å²) in [6.07, 6.45) is 7.65. The number of aromatic nitrogens is 2. The molecule has 0 radical (unpaired) electrons. The molecular weight excluding hydrogens is 1540 g/mol. The highest BCUT2D eigenvalue weighted by atomic mass is 16.6. The third-order valence-corrected chi connectivity index (χ3v) is 11.7. The van der Waals surface area contributed by atoms with Crippen molar-refractivity contribution in [3.05, 3.63) is 47.8 Å². The second-order valence-electron chi connectivity index (χ2n) is 24.5. The van der Waals surface area contributed by atoms with E-state index in [0.717, 1.165) is 32.1 Å². The van der Waals surface area contributed by atoms with E-state index in [1.165, 1.54) is 40.9 Å². The van der Waals surface area contributed by atoms with E-state index in [1.807, 2.05) is 79.7 Å². The van der Waals surface area contributed by atoms with E-state index in [1.54, 1.807) is 26.4 Å². The lowest BCUT2D eigenvalue weighted by atomic mass is 9.96. The van der Waals surface area contributed by atoms with Crippen LogP contribution >= 0.6 is 0 Å². The molecule has 0 aliphatic rings. The Morgan fingerprint density at radius 3 is 1.03 bits per heavy atom. The Hall–Kier alpha value is -8.30. The fraction of sp³-hybridized carbons (Fsp3) is 0.707. The molecule has 2 heterocycles. The van der Waals surface area contributed by atoms with E-state index in [-0.39, 0.29) is 116 Å². The number of aliphatic carboxylic acids is 10. The van der Waals surface area contributed by atoms with Gasteiger partial charge in [-0.05, 0) is 95.9 Å². The van der Waals surface area contributed by atoms with Crippen molar-refractivity contribution < 1.29 is 185 Å². The average Bonchev–Trinajstić information content (AvgIpc) is 0.851. The molecule has 0 fully saturated rings. The van der Waals surface area contributed by atoms with Gasteiger partial charge in [-0.15, -0.1) is 0 Å². The van der Waals surface area contributed by atoms with Gasteiger partial charge in [0.05, 0.1) is 101 Å². The second-order valence-corrected chi connectivity index (χ2v) is 24.5.